The van der Waals surface area contributed by atoms with Gasteiger partial charge in [0.1, 0.15) is 12.2 Å². The molecule has 1 aliphatic carbocycles. The lowest BCUT2D eigenvalue weighted by molar-refractivity contribution is -0.152. The van der Waals surface area contributed by atoms with Gasteiger partial charge >= 0.3 is 11.9 Å². The molecule has 0 radical (unpaired) electrons. The molecule has 1 aliphatic heterocycles. The molecular formula is C18H20O7S. The van der Waals surface area contributed by atoms with Gasteiger partial charge in [0.2, 0.25) is 0 Å². The van der Waals surface area contributed by atoms with E-state index in [0.29, 0.717) is 12.0 Å². The third-order valence-electron chi connectivity index (χ3n) is 4.62. The fourth-order valence-electron chi connectivity index (χ4n) is 3.65. The number of benzene rings is 1. The van der Waals surface area contributed by atoms with Crippen LogP contribution in [0.25, 0.3) is 0 Å². The Bertz CT molecular complexity index is 817. The van der Waals surface area contributed by atoms with Crippen LogP contribution in [0.15, 0.2) is 43.0 Å². The highest BCUT2D eigenvalue weighted by Crippen LogP contribution is 2.46. The zero-order valence-corrected chi connectivity index (χ0v) is 15.1. The first-order chi connectivity index (χ1) is 12.2. The summed E-state index contributed by atoms with van der Waals surface area (Å²) < 4.78 is 39.3. The molecule has 2 fully saturated rings. The van der Waals surface area contributed by atoms with Gasteiger partial charge in [0.15, 0.2) is 5.60 Å². The second-order valence-electron chi connectivity index (χ2n) is 6.65. The van der Waals surface area contributed by atoms with E-state index in [1.54, 1.807) is 36.4 Å². The van der Waals surface area contributed by atoms with Crippen LogP contribution in [0.1, 0.15) is 29.6 Å². The van der Waals surface area contributed by atoms with E-state index >= 15 is 0 Å². The van der Waals surface area contributed by atoms with Crippen molar-refractivity contribution >= 4 is 22.1 Å². The first kappa shape index (κ1) is 18.6. The van der Waals surface area contributed by atoms with Crippen LogP contribution in [0, 0.1) is 5.92 Å². The van der Waals surface area contributed by atoms with Crippen LogP contribution >= 0.6 is 0 Å². The van der Waals surface area contributed by atoms with E-state index < -0.39 is 39.9 Å². The number of esters is 2. The summed E-state index contributed by atoms with van der Waals surface area (Å²) in [7, 11) is -3.86. The Labute approximate surface area is 152 Å². The molecule has 7 nitrogen and oxygen atoms in total. The SMILES string of the molecule is C=CC[C@@H]1C[C@]2(OS(C)(=O)=O)C[C@H](OC2=O)[C@@H]1OC(=O)c1ccccc1. The summed E-state index contributed by atoms with van der Waals surface area (Å²) >= 11 is 0. The molecular weight excluding hydrogens is 360 g/mol. The van der Waals surface area contributed by atoms with Crippen molar-refractivity contribution in [3.63, 3.8) is 0 Å². The number of hydrogen-bond acceptors (Lipinski definition) is 7. The van der Waals surface area contributed by atoms with Gasteiger partial charge in [-0.25, -0.2) is 9.59 Å². The van der Waals surface area contributed by atoms with Gasteiger partial charge in [-0.15, -0.1) is 6.58 Å². The first-order valence-electron chi connectivity index (χ1n) is 8.23. The van der Waals surface area contributed by atoms with Crippen molar-refractivity contribution < 1.29 is 31.7 Å². The molecule has 0 aromatic heterocycles. The Hall–Kier alpha value is -2.19. The maximum atomic E-state index is 12.4. The van der Waals surface area contributed by atoms with Gasteiger partial charge in [-0.3, -0.25) is 4.18 Å². The minimum atomic E-state index is -3.86. The zero-order valence-electron chi connectivity index (χ0n) is 14.3. The number of rotatable bonds is 6. The van der Waals surface area contributed by atoms with Crippen LogP contribution in [-0.2, 0) is 28.6 Å². The van der Waals surface area contributed by atoms with Crippen LogP contribution in [0.5, 0.6) is 0 Å². The molecule has 0 spiro atoms. The van der Waals surface area contributed by atoms with E-state index in [0.717, 1.165) is 6.26 Å². The lowest BCUT2D eigenvalue weighted by atomic mass is 9.75. The van der Waals surface area contributed by atoms with Gasteiger partial charge in [0.05, 0.1) is 11.8 Å². The van der Waals surface area contributed by atoms with Crippen molar-refractivity contribution in [1.29, 1.82) is 0 Å². The Morgan fingerprint density at radius 1 is 1.35 bits per heavy atom. The topological polar surface area (TPSA) is 96.0 Å². The number of carbonyl (C=O) groups excluding carboxylic acids is 2. The summed E-state index contributed by atoms with van der Waals surface area (Å²) in [6.07, 6.45) is 1.62. The second-order valence-corrected chi connectivity index (χ2v) is 8.23. The summed E-state index contributed by atoms with van der Waals surface area (Å²) in [6.45, 7) is 3.69. The number of ether oxygens (including phenoxy) is 2. The van der Waals surface area contributed by atoms with Crippen molar-refractivity contribution in [3.05, 3.63) is 48.6 Å². The molecule has 3 rings (SSSR count). The van der Waals surface area contributed by atoms with Gasteiger partial charge in [-0.1, -0.05) is 24.3 Å². The first-order valence-corrected chi connectivity index (χ1v) is 10.0. The normalized spacial score (nSPS) is 30.5. The van der Waals surface area contributed by atoms with Crippen molar-refractivity contribution in [1.82, 2.24) is 0 Å². The molecule has 0 unspecified atom stereocenters. The third kappa shape index (κ3) is 3.66. The predicted octanol–water partition coefficient (Wildman–Crippen LogP) is 1.84. The highest BCUT2D eigenvalue weighted by atomic mass is 32.2. The standard InChI is InChI=1S/C18H20O7S/c1-3-7-13-10-18(25-26(2,21)22)11-14(23-17(18)20)15(13)24-16(19)12-8-5-4-6-9-12/h3-6,8-9,13-15H,1,7,10-11H2,2H3/t13-,14+,15-,18+/m1/s1. The Morgan fingerprint density at radius 2 is 2.04 bits per heavy atom. The fourth-order valence-corrected chi connectivity index (χ4v) is 4.43. The highest BCUT2D eigenvalue weighted by Gasteiger charge is 2.61. The van der Waals surface area contributed by atoms with Gasteiger partial charge < -0.3 is 9.47 Å². The maximum absolute atomic E-state index is 12.4. The van der Waals surface area contributed by atoms with Crippen LogP contribution in [0.3, 0.4) is 0 Å². The summed E-state index contributed by atoms with van der Waals surface area (Å²) in [5, 5.41) is 0. The van der Waals surface area contributed by atoms with Crippen molar-refractivity contribution in [2.24, 2.45) is 5.92 Å². The van der Waals surface area contributed by atoms with Crippen LogP contribution in [-0.4, -0.2) is 44.4 Å². The van der Waals surface area contributed by atoms with Crippen molar-refractivity contribution in [2.45, 2.75) is 37.1 Å². The molecule has 2 aliphatic rings. The minimum Gasteiger partial charge on any atom is -0.456 e. The average Bonchev–Trinajstić information content (AvgIpc) is 2.82. The fraction of sp³-hybridized carbons (Fsp3) is 0.444. The summed E-state index contributed by atoms with van der Waals surface area (Å²) in [6, 6.07) is 8.49. The van der Waals surface area contributed by atoms with Gasteiger partial charge in [-0.2, -0.15) is 8.42 Å². The summed E-state index contributed by atoms with van der Waals surface area (Å²) in [5.74, 6) is -1.60. The molecule has 1 saturated carbocycles. The minimum absolute atomic E-state index is 0.0271. The maximum Gasteiger partial charge on any atom is 0.340 e. The van der Waals surface area contributed by atoms with E-state index in [9.17, 15) is 18.0 Å². The lowest BCUT2D eigenvalue weighted by Crippen LogP contribution is -2.49. The van der Waals surface area contributed by atoms with Crippen molar-refractivity contribution in [2.75, 3.05) is 6.26 Å². The Morgan fingerprint density at radius 3 is 2.65 bits per heavy atom. The lowest BCUT2D eigenvalue weighted by Gasteiger charge is -2.37. The molecule has 1 heterocycles. The molecule has 0 N–H and O–H groups in total. The molecule has 140 valence electrons. The van der Waals surface area contributed by atoms with Gasteiger partial charge in [0, 0.05) is 12.3 Å². The van der Waals surface area contributed by atoms with E-state index in [1.165, 1.54) is 0 Å². The van der Waals surface area contributed by atoms with Crippen LogP contribution in [0.4, 0.5) is 0 Å². The van der Waals surface area contributed by atoms with Crippen LogP contribution < -0.4 is 0 Å². The number of carbonyl (C=O) groups is 2. The van der Waals surface area contributed by atoms with Gasteiger partial charge in [-0.05, 0) is 25.0 Å². The molecule has 26 heavy (non-hydrogen) atoms. The number of allylic oxidation sites excluding steroid dienone is 1. The predicted molar refractivity (Wildman–Crippen MR) is 91.7 cm³/mol. The molecule has 1 aromatic rings. The molecule has 8 heteroatoms. The van der Waals surface area contributed by atoms with E-state index in [2.05, 4.69) is 6.58 Å². The van der Waals surface area contributed by atoms with Gasteiger partial charge in [0.25, 0.3) is 10.1 Å². The molecule has 0 amide bonds. The third-order valence-corrected chi connectivity index (χ3v) is 5.24. The molecule has 2 bridgehead atoms. The van der Waals surface area contributed by atoms with Crippen LogP contribution in [0.2, 0.25) is 0 Å². The average molecular weight is 380 g/mol. The Balaban J connectivity index is 1.85. The van der Waals surface area contributed by atoms with E-state index in [-0.39, 0.29) is 18.8 Å². The molecule has 4 atom stereocenters. The molecule has 1 saturated heterocycles. The second kappa shape index (κ2) is 6.85. The van der Waals surface area contributed by atoms with E-state index in [1.807, 2.05) is 0 Å². The summed E-state index contributed by atoms with van der Waals surface area (Å²) in [5.41, 5.74) is -1.17. The monoisotopic (exact) mass is 380 g/mol. The largest absolute Gasteiger partial charge is 0.456 e. The summed E-state index contributed by atoms with van der Waals surface area (Å²) in [4.78, 5) is 24.7. The number of fused-ring (bicyclic) bond motifs is 2. The zero-order chi connectivity index (χ0) is 18.9. The smallest absolute Gasteiger partial charge is 0.340 e. The quantitative estimate of drug-likeness (QED) is 0.422. The number of hydrogen-bond donors (Lipinski definition) is 0. The highest BCUT2D eigenvalue weighted by molar-refractivity contribution is 7.86. The molecule has 1 aromatic carbocycles. The van der Waals surface area contributed by atoms with E-state index in [4.69, 9.17) is 13.7 Å². The Kier molecular flexibility index (Phi) is 4.90. The van der Waals surface area contributed by atoms with Crippen molar-refractivity contribution in [3.8, 4) is 0 Å².